The fourth-order valence-corrected chi connectivity index (χ4v) is 3.90. The number of carbonyl (C=O) groups excluding carboxylic acids is 1. The molecule has 2 aromatic rings. The summed E-state index contributed by atoms with van der Waals surface area (Å²) >= 11 is 0. The Bertz CT molecular complexity index is 907. The smallest absolute Gasteiger partial charge is 0.223 e. The van der Waals surface area contributed by atoms with Gasteiger partial charge in [0.25, 0.3) is 0 Å². The van der Waals surface area contributed by atoms with E-state index < -0.39 is 9.84 Å². The first-order chi connectivity index (χ1) is 12.3. The minimum atomic E-state index is -3.59. The van der Waals surface area contributed by atoms with Crippen LogP contribution in [-0.2, 0) is 28.2 Å². The van der Waals surface area contributed by atoms with Crippen molar-refractivity contribution in [3.8, 4) is 11.5 Å². The summed E-state index contributed by atoms with van der Waals surface area (Å²) in [6.07, 6.45) is 3.40. The van der Waals surface area contributed by atoms with E-state index in [1.54, 1.807) is 31.0 Å². The number of aromatic nitrogens is 2. The molecule has 0 radical (unpaired) electrons. The molecule has 140 valence electrons. The minimum Gasteiger partial charge on any atom is -0.486 e. The van der Waals surface area contributed by atoms with Crippen LogP contribution in [0.4, 0.5) is 0 Å². The standard InChI is InChI=1S/C17H21N3O5S/c1-19(11-13-10-18-20(2)12-13)17(21)5-8-26(22,23)14-3-4-15-16(9-14)25-7-6-24-15/h3-4,9-10,12H,5-8,11H2,1-2H3. The summed E-state index contributed by atoms with van der Waals surface area (Å²) in [6.45, 7) is 1.21. The molecule has 0 fully saturated rings. The molecule has 0 saturated heterocycles. The highest BCUT2D eigenvalue weighted by Gasteiger charge is 2.21. The average molecular weight is 379 g/mol. The normalized spacial score (nSPS) is 13.5. The van der Waals surface area contributed by atoms with Crippen molar-refractivity contribution in [3.05, 3.63) is 36.2 Å². The SMILES string of the molecule is CN(Cc1cnn(C)c1)C(=O)CCS(=O)(=O)c1ccc2c(c1)OCCO2. The molecule has 9 heteroatoms. The molecule has 0 saturated carbocycles. The van der Waals surface area contributed by atoms with Gasteiger partial charge in [0.1, 0.15) is 13.2 Å². The second-order valence-electron chi connectivity index (χ2n) is 6.15. The monoisotopic (exact) mass is 379 g/mol. The zero-order chi connectivity index (χ0) is 18.7. The molecule has 1 amide bonds. The predicted octanol–water partition coefficient (Wildman–Crippen LogP) is 1.01. The number of hydrogen-bond donors (Lipinski definition) is 0. The van der Waals surface area contributed by atoms with Gasteiger partial charge in [0, 0.05) is 44.9 Å². The predicted molar refractivity (Wildman–Crippen MR) is 93.8 cm³/mol. The summed E-state index contributed by atoms with van der Waals surface area (Å²) in [5.74, 6) is 0.442. The summed E-state index contributed by atoms with van der Waals surface area (Å²) in [5, 5.41) is 4.05. The third-order valence-corrected chi connectivity index (χ3v) is 5.78. The molecule has 8 nitrogen and oxygen atoms in total. The summed E-state index contributed by atoms with van der Waals surface area (Å²) in [7, 11) is -0.149. The first-order valence-corrected chi connectivity index (χ1v) is 9.84. The molecule has 0 aliphatic carbocycles. The lowest BCUT2D eigenvalue weighted by molar-refractivity contribution is -0.130. The van der Waals surface area contributed by atoms with Crippen molar-refractivity contribution in [3.63, 3.8) is 0 Å². The van der Waals surface area contributed by atoms with E-state index in [9.17, 15) is 13.2 Å². The van der Waals surface area contributed by atoms with Crippen LogP contribution in [0.3, 0.4) is 0 Å². The lowest BCUT2D eigenvalue weighted by Gasteiger charge is -2.19. The van der Waals surface area contributed by atoms with E-state index in [4.69, 9.17) is 9.47 Å². The maximum atomic E-state index is 12.5. The van der Waals surface area contributed by atoms with Crippen molar-refractivity contribution >= 4 is 15.7 Å². The topological polar surface area (TPSA) is 90.7 Å². The van der Waals surface area contributed by atoms with Crippen LogP contribution < -0.4 is 9.47 Å². The Morgan fingerprint density at radius 1 is 1.27 bits per heavy atom. The van der Waals surface area contributed by atoms with Crippen LogP contribution in [0.25, 0.3) is 0 Å². The largest absolute Gasteiger partial charge is 0.486 e. The number of hydrogen-bond acceptors (Lipinski definition) is 6. The van der Waals surface area contributed by atoms with E-state index >= 15 is 0 Å². The van der Waals surface area contributed by atoms with Crippen LogP contribution in [0.2, 0.25) is 0 Å². The lowest BCUT2D eigenvalue weighted by atomic mass is 10.3. The van der Waals surface area contributed by atoms with Gasteiger partial charge in [-0.3, -0.25) is 9.48 Å². The van der Waals surface area contributed by atoms with E-state index in [0.29, 0.717) is 31.3 Å². The molecule has 0 atom stereocenters. The summed E-state index contributed by atoms with van der Waals surface area (Å²) < 4.78 is 37.5. The van der Waals surface area contributed by atoms with Crippen LogP contribution in [0, 0.1) is 0 Å². The molecular weight excluding hydrogens is 358 g/mol. The van der Waals surface area contributed by atoms with Crippen molar-refractivity contribution in [2.24, 2.45) is 7.05 Å². The zero-order valence-corrected chi connectivity index (χ0v) is 15.5. The molecule has 0 bridgehead atoms. The molecular formula is C17H21N3O5S. The van der Waals surface area contributed by atoms with Gasteiger partial charge in [-0.05, 0) is 12.1 Å². The first-order valence-electron chi connectivity index (χ1n) is 8.19. The molecule has 0 N–H and O–H groups in total. The highest BCUT2D eigenvalue weighted by Crippen LogP contribution is 2.32. The van der Waals surface area contributed by atoms with Gasteiger partial charge < -0.3 is 14.4 Å². The van der Waals surface area contributed by atoms with Crippen LogP contribution in [-0.4, -0.2) is 55.0 Å². The van der Waals surface area contributed by atoms with Crippen LogP contribution in [0.15, 0.2) is 35.5 Å². The van der Waals surface area contributed by atoms with Gasteiger partial charge in [-0.15, -0.1) is 0 Å². The van der Waals surface area contributed by atoms with Crippen molar-refractivity contribution < 1.29 is 22.7 Å². The van der Waals surface area contributed by atoms with Gasteiger partial charge in [-0.1, -0.05) is 0 Å². The number of sulfone groups is 1. The fourth-order valence-electron chi connectivity index (χ4n) is 2.66. The summed E-state index contributed by atoms with van der Waals surface area (Å²) in [5.41, 5.74) is 0.887. The maximum Gasteiger partial charge on any atom is 0.223 e. The highest BCUT2D eigenvalue weighted by molar-refractivity contribution is 7.91. The number of ether oxygens (including phenoxy) is 2. The number of benzene rings is 1. The number of carbonyl (C=O) groups is 1. The molecule has 3 rings (SSSR count). The Morgan fingerprint density at radius 3 is 2.69 bits per heavy atom. The molecule has 0 unspecified atom stereocenters. The van der Waals surface area contributed by atoms with Gasteiger partial charge >= 0.3 is 0 Å². The van der Waals surface area contributed by atoms with Crippen LogP contribution in [0.1, 0.15) is 12.0 Å². The van der Waals surface area contributed by atoms with E-state index in [-0.39, 0.29) is 23.0 Å². The third kappa shape index (κ3) is 4.16. The first kappa shape index (κ1) is 18.2. The fraction of sp³-hybridized carbons (Fsp3) is 0.412. The zero-order valence-electron chi connectivity index (χ0n) is 14.7. The molecule has 26 heavy (non-hydrogen) atoms. The third-order valence-electron chi connectivity index (χ3n) is 4.06. The number of aryl methyl sites for hydroxylation is 1. The molecule has 0 spiro atoms. The van der Waals surface area contributed by atoms with Crippen molar-refractivity contribution in [2.45, 2.75) is 17.9 Å². The molecule has 1 aromatic heterocycles. The average Bonchev–Trinajstić information content (AvgIpc) is 3.04. The van der Waals surface area contributed by atoms with Crippen LogP contribution in [0.5, 0.6) is 11.5 Å². The number of nitrogens with zero attached hydrogens (tertiary/aromatic N) is 3. The van der Waals surface area contributed by atoms with Gasteiger partial charge in [0.05, 0.1) is 16.8 Å². The lowest BCUT2D eigenvalue weighted by Crippen LogP contribution is -2.28. The van der Waals surface area contributed by atoms with E-state index in [2.05, 4.69) is 5.10 Å². The molecule has 1 aliphatic rings. The Kier molecular flexibility index (Phi) is 5.17. The molecule has 1 aromatic carbocycles. The van der Waals surface area contributed by atoms with E-state index in [1.165, 1.54) is 17.0 Å². The molecule has 1 aliphatic heterocycles. The maximum absolute atomic E-state index is 12.5. The van der Waals surface area contributed by atoms with Gasteiger partial charge in [0.2, 0.25) is 5.91 Å². The van der Waals surface area contributed by atoms with Crippen LogP contribution >= 0.6 is 0 Å². The number of fused-ring (bicyclic) bond motifs is 1. The Labute approximate surface area is 152 Å². The second-order valence-corrected chi connectivity index (χ2v) is 8.26. The Hall–Kier alpha value is -2.55. The Balaban J connectivity index is 1.61. The summed E-state index contributed by atoms with van der Waals surface area (Å²) in [6, 6.07) is 4.51. The van der Waals surface area contributed by atoms with Crippen molar-refractivity contribution in [2.75, 3.05) is 26.0 Å². The van der Waals surface area contributed by atoms with Gasteiger partial charge in [-0.2, -0.15) is 5.10 Å². The van der Waals surface area contributed by atoms with Gasteiger partial charge in [0.15, 0.2) is 21.3 Å². The van der Waals surface area contributed by atoms with E-state index in [1.807, 2.05) is 6.20 Å². The number of amides is 1. The van der Waals surface area contributed by atoms with Crippen molar-refractivity contribution in [1.82, 2.24) is 14.7 Å². The van der Waals surface area contributed by atoms with Crippen molar-refractivity contribution in [1.29, 1.82) is 0 Å². The molecule has 2 heterocycles. The second kappa shape index (κ2) is 7.36. The quantitative estimate of drug-likeness (QED) is 0.744. The Morgan fingerprint density at radius 2 is 2.00 bits per heavy atom. The van der Waals surface area contributed by atoms with Gasteiger partial charge in [-0.25, -0.2) is 8.42 Å². The van der Waals surface area contributed by atoms with E-state index in [0.717, 1.165) is 5.56 Å². The summed E-state index contributed by atoms with van der Waals surface area (Å²) in [4.78, 5) is 13.9. The highest BCUT2D eigenvalue weighted by atomic mass is 32.2. The number of rotatable bonds is 6. The minimum absolute atomic E-state index is 0.0897.